The highest BCUT2D eigenvalue weighted by molar-refractivity contribution is 6.35. The minimum atomic E-state index is -2.27. The quantitative estimate of drug-likeness (QED) is 0.403. The lowest BCUT2D eigenvalue weighted by Crippen LogP contribution is -2.39. The standard InChI is InChI=1S/C15H20Cl2N2.C4H6O6/c16-13-4-3-12(15(17)7-13)10-19(9-11-1-2-11)14-5-6-18-8-14;5-1(3(7)8)2(6)4(9)10/h3-4,7,11,14,18H,1-2,5-6,8-10H2;1-2,5-6H,(H,7,8)(H,9,10)/t14-;/m0./s1. The van der Waals surface area contributed by atoms with Gasteiger partial charge in [-0.3, -0.25) is 4.90 Å². The fourth-order valence-electron chi connectivity index (χ4n) is 3.06. The molecule has 29 heavy (non-hydrogen) atoms. The Morgan fingerprint density at radius 3 is 2.17 bits per heavy atom. The number of carbonyl (C=O) groups is 2. The fraction of sp³-hybridized carbons (Fsp3) is 0.579. The zero-order valence-electron chi connectivity index (χ0n) is 15.8. The number of aliphatic hydroxyl groups is 2. The van der Waals surface area contributed by atoms with E-state index in [9.17, 15) is 9.59 Å². The predicted molar refractivity (Wildman–Crippen MR) is 108 cm³/mol. The third-order valence-corrected chi connectivity index (χ3v) is 5.52. The maximum atomic E-state index is 9.77. The largest absolute Gasteiger partial charge is 0.479 e. The second-order valence-corrected chi connectivity index (χ2v) is 8.16. The number of aliphatic hydroxyl groups excluding tert-OH is 2. The molecule has 1 heterocycles. The van der Waals surface area contributed by atoms with E-state index in [1.807, 2.05) is 12.1 Å². The van der Waals surface area contributed by atoms with Gasteiger partial charge in [-0.05, 0) is 49.4 Å². The van der Waals surface area contributed by atoms with Crippen LogP contribution in [0.15, 0.2) is 18.2 Å². The van der Waals surface area contributed by atoms with Gasteiger partial charge in [0.2, 0.25) is 0 Å². The lowest BCUT2D eigenvalue weighted by atomic mass is 10.1. The maximum Gasteiger partial charge on any atom is 0.335 e. The Labute approximate surface area is 179 Å². The summed E-state index contributed by atoms with van der Waals surface area (Å²) in [5.74, 6) is -2.63. The van der Waals surface area contributed by atoms with E-state index >= 15 is 0 Å². The first kappa shape index (κ1) is 23.9. The average molecular weight is 449 g/mol. The minimum absolute atomic E-state index is 0.660. The number of rotatable bonds is 8. The van der Waals surface area contributed by atoms with E-state index in [1.165, 1.54) is 31.4 Å². The van der Waals surface area contributed by atoms with Gasteiger partial charge in [-0.1, -0.05) is 29.3 Å². The molecule has 0 radical (unpaired) electrons. The monoisotopic (exact) mass is 448 g/mol. The first-order valence-corrected chi connectivity index (χ1v) is 10.1. The number of carboxylic acid groups (broad SMARTS) is 2. The molecule has 10 heteroatoms. The Hall–Kier alpha value is -1.42. The van der Waals surface area contributed by atoms with Gasteiger partial charge in [0, 0.05) is 35.7 Å². The van der Waals surface area contributed by atoms with Crippen molar-refractivity contribution in [1.29, 1.82) is 0 Å². The number of hydrogen-bond donors (Lipinski definition) is 5. The first-order chi connectivity index (χ1) is 13.7. The topological polar surface area (TPSA) is 130 Å². The van der Waals surface area contributed by atoms with Crippen LogP contribution in [0.5, 0.6) is 0 Å². The highest BCUT2D eigenvalue weighted by Crippen LogP contribution is 2.32. The van der Waals surface area contributed by atoms with Gasteiger partial charge in [-0.25, -0.2) is 9.59 Å². The van der Waals surface area contributed by atoms with Crippen LogP contribution < -0.4 is 5.32 Å². The molecular weight excluding hydrogens is 423 g/mol. The summed E-state index contributed by atoms with van der Waals surface area (Å²) in [4.78, 5) is 22.1. The van der Waals surface area contributed by atoms with Gasteiger partial charge in [0.1, 0.15) is 0 Å². The van der Waals surface area contributed by atoms with E-state index in [2.05, 4.69) is 16.3 Å². The molecule has 0 bridgehead atoms. The summed E-state index contributed by atoms with van der Waals surface area (Å²) in [7, 11) is 0. The minimum Gasteiger partial charge on any atom is -0.479 e. The van der Waals surface area contributed by atoms with E-state index in [0.717, 1.165) is 30.6 Å². The molecule has 2 aliphatic rings. The summed E-state index contributed by atoms with van der Waals surface area (Å²) in [5.41, 5.74) is 1.19. The summed E-state index contributed by atoms with van der Waals surface area (Å²) in [6.45, 7) is 4.41. The Morgan fingerprint density at radius 2 is 1.72 bits per heavy atom. The molecule has 1 aromatic carbocycles. The summed E-state index contributed by atoms with van der Waals surface area (Å²) in [6.07, 6.45) is -0.497. The molecule has 1 saturated carbocycles. The number of nitrogens with zero attached hydrogens (tertiary/aromatic N) is 1. The van der Waals surface area contributed by atoms with E-state index in [4.69, 9.17) is 43.6 Å². The lowest BCUT2D eigenvalue weighted by Gasteiger charge is -2.28. The zero-order valence-corrected chi connectivity index (χ0v) is 17.3. The van der Waals surface area contributed by atoms with Crippen molar-refractivity contribution >= 4 is 35.1 Å². The normalized spacial score (nSPS) is 20.7. The van der Waals surface area contributed by atoms with Gasteiger partial charge in [0.15, 0.2) is 12.2 Å². The van der Waals surface area contributed by atoms with E-state index in [0.29, 0.717) is 11.1 Å². The Kier molecular flexibility index (Phi) is 9.13. The molecule has 8 nitrogen and oxygen atoms in total. The number of carboxylic acids is 2. The second-order valence-electron chi connectivity index (χ2n) is 7.32. The van der Waals surface area contributed by atoms with Crippen molar-refractivity contribution in [2.75, 3.05) is 19.6 Å². The molecule has 0 amide bonds. The molecule has 1 saturated heterocycles. The van der Waals surface area contributed by atoms with Crippen molar-refractivity contribution in [3.63, 3.8) is 0 Å². The fourth-order valence-corrected chi connectivity index (χ4v) is 3.53. The Morgan fingerprint density at radius 1 is 1.10 bits per heavy atom. The first-order valence-electron chi connectivity index (χ1n) is 9.39. The molecule has 3 atom stereocenters. The average Bonchev–Trinajstić information content (AvgIpc) is 3.31. The van der Waals surface area contributed by atoms with Crippen LogP contribution in [0.3, 0.4) is 0 Å². The van der Waals surface area contributed by atoms with Crippen LogP contribution in [-0.2, 0) is 16.1 Å². The number of aliphatic carboxylic acids is 2. The molecule has 1 aliphatic carbocycles. The van der Waals surface area contributed by atoms with Crippen molar-refractivity contribution in [2.45, 2.75) is 44.1 Å². The molecule has 2 fully saturated rings. The van der Waals surface area contributed by atoms with Crippen LogP contribution in [0.4, 0.5) is 0 Å². The van der Waals surface area contributed by atoms with Crippen LogP contribution in [0.2, 0.25) is 10.0 Å². The van der Waals surface area contributed by atoms with Crippen molar-refractivity contribution in [2.24, 2.45) is 5.92 Å². The zero-order chi connectivity index (χ0) is 21.6. The van der Waals surface area contributed by atoms with Crippen LogP contribution in [-0.4, -0.2) is 75.1 Å². The van der Waals surface area contributed by atoms with Crippen molar-refractivity contribution < 1.29 is 30.0 Å². The predicted octanol–water partition coefficient (Wildman–Crippen LogP) is 1.44. The van der Waals surface area contributed by atoms with E-state index < -0.39 is 24.1 Å². The third kappa shape index (κ3) is 7.73. The smallest absolute Gasteiger partial charge is 0.335 e. The molecule has 3 rings (SSSR count). The summed E-state index contributed by atoms with van der Waals surface area (Å²) in [5, 5.41) is 37.5. The van der Waals surface area contributed by atoms with Gasteiger partial charge < -0.3 is 25.7 Å². The molecule has 1 aromatic rings. The number of hydrogen-bond acceptors (Lipinski definition) is 6. The van der Waals surface area contributed by atoms with Gasteiger partial charge in [-0.15, -0.1) is 0 Å². The number of halogens is 2. The van der Waals surface area contributed by atoms with E-state index in [-0.39, 0.29) is 0 Å². The van der Waals surface area contributed by atoms with Crippen LogP contribution >= 0.6 is 23.2 Å². The van der Waals surface area contributed by atoms with Crippen LogP contribution in [0.25, 0.3) is 0 Å². The third-order valence-electron chi connectivity index (χ3n) is 4.93. The molecule has 1 aliphatic heterocycles. The molecule has 2 unspecified atom stereocenters. The van der Waals surface area contributed by atoms with Crippen molar-refractivity contribution in [1.82, 2.24) is 10.2 Å². The highest BCUT2D eigenvalue weighted by atomic mass is 35.5. The van der Waals surface area contributed by atoms with Gasteiger partial charge in [0.25, 0.3) is 0 Å². The highest BCUT2D eigenvalue weighted by Gasteiger charge is 2.30. The van der Waals surface area contributed by atoms with Crippen molar-refractivity contribution in [3.8, 4) is 0 Å². The molecular formula is C19H26Cl2N2O6. The number of nitrogens with one attached hydrogen (secondary N) is 1. The maximum absolute atomic E-state index is 9.77. The Balaban J connectivity index is 0.000000257. The van der Waals surface area contributed by atoms with Gasteiger partial charge in [-0.2, -0.15) is 0 Å². The summed E-state index contributed by atoms with van der Waals surface area (Å²) < 4.78 is 0. The van der Waals surface area contributed by atoms with Crippen molar-refractivity contribution in [3.05, 3.63) is 33.8 Å². The summed E-state index contributed by atoms with van der Waals surface area (Å²) >= 11 is 12.3. The second kappa shape index (κ2) is 11.1. The van der Waals surface area contributed by atoms with E-state index in [1.54, 1.807) is 0 Å². The van der Waals surface area contributed by atoms with Gasteiger partial charge >= 0.3 is 11.9 Å². The SMILES string of the molecule is Clc1ccc(CN(CC2CC2)[C@H]2CCNC2)c(Cl)c1.O=C(O)C(O)C(O)C(=O)O. The molecule has 0 spiro atoms. The molecule has 162 valence electrons. The lowest BCUT2D eigenvalue weighted by molar-refractivity contribution is -0.165. The van der Waals surface area contributed by atoms with Crippen LogP contribution in [0.1, 0.15) is 24.8 Å². The summed E-state index contributed by atoms with van der Waals surface area (Å²) in [6, 6.07) is 6.51. The van der Waals surface area contributed by atoms with Crippen LogP contribution in [0, 0.1) is 5.92 Å². The molecule has 5 N–H and O–H groups in total. The molecule has 0 aromatic heterocycles. The number of benzene rings is 1. The van der Waals surface area contributed by atoms with Gasteiger partial charge in [0.05, 0.1) is 0 Å². The Bertz CT molecular complexity index is 692.